The molecule has 15 heavy (non-hydrogen) atoms. The number of benzene rings is 1. The Bertz CT molecular complexity index is 612. The predicted molar refractivity (Wildman–Crippen MR) is 55.5 cm³/mol. The number of nitrogens with one attached hydrogen (secondary N) is 1. The highest BCUT2D eigenvalue weighted by Gasteiger charge is 2.14. The number of carboxylic acid groups (broad SMARTS) is 1. The van der Waals surface area contributed by atoms with Gasteiger partial charge in [0.15, 0.2) is 0 Å². The number of aromatic amines is 1. The van der Waals surface area contributed by atoms with Crippen molar-refractivity contribution in [1.29, 1.82) is 0 Å². The molecule has 78 valence electrons. The summed E-state index contributed by atoms with van der Waals surface area (Å²) in [5.41, 5.74) is 0.397. The standard InChI is InChI=1S/C9H7ClN2O3/c1-12-6-3-4(10)2-5(8(13)14)7(6)11-9(12)15/h2-3H,1H3,(H,11,15)(H,13,14). The number of carbonyl (C=O) groups is 1. The predicted octanol–water partition coefficient (Wildman–Crippen LogP) is 1.22. The van der Waals surface area contributed by atoms with Crippen LogP contribution in [0.25, 0.3) is 11.0 Å². The van der Waals surface area contributed by atoms with E-state index in [0.29, 0.717) is 11.0 Å². The number of H-pyrrole nitrogens is 1. The smallest absolute Gasteiger partial charge is 0.337 e. The van der Waals surface area contributed by atoms with Crippen molar-refractivity contribution in [1.82, 2.24) is 9.55 Å². The summed E-state index contributed by atoms with van der Waals surface area (Å²) in [6.07, 6.45) is 0. The summed E-state index contributed by atoms with van der Waals surface area (Å²) < 4.78 is 1.31. The van der Waals surface area contributed by atoms with Gasteiger partial charge in [0.25, 0.3) is 0 Å². The molecule has 0 aliphatic heterocycles. The van der Waals surface area contributed by atoms with Crippen LogP contribution < -0.4 is 5.69 Å². The third-order valence-electron chi connectivity index (χ3n) is 2.21. The third kappa shape index (κ3) is 1.41. The first-order chi connectivity index (χ1) is 7.00. The van der Waals surface area contributed by atoms with Crippen LogP contribution >= 0.6 is 11.6 Å². The van der Waals surface area contributed by atoms with E-state index in [1.807, 2.05) is 0 Å². The van der Waals surface area contributed by atoms with E-state index in [0.717, 1.165) is 0 Å². The van der Waals surface area contributed by atoms with Gasteiger partial charge in [-0.3, -0.25) is 4.57 Å². The highest BCUT2D eigenvalue weighted by atomic mass is 35.5. The lowest BCUT2D eigenvalue weighted by Crippen LogP contribution is -2.11. The zero-order chi connectivity index (χ0) is 11.2. The fourth-order valence-corrected chi connectivity index (χ4v) is 1.67. The van der Waals surface area contributed by atoms with Gasteiger partial charge < -0.3 is 10.1 Å². The number of hydrogen-bond donors (Lipinski definition) is 2. The highest BCUT2D eigenvalue weighted by molar-refractivity contribution is 6.31. The number of hydrogen-bond acceptors (Lipinski definition) is 2. The Labute approximate surface area is 88.9 Å². The molecule has 5 nitrogen and oxygen atoms in total. The molecule has 0 fully saturated rings. The monoisotopic (exact) mass is 226 g/mol. The van der Waals surface area contributed by atoms with Crippen molar-refractivity contribution in [3.05, 3.63) is 33.2 Å². The molecule has 2 aromatic rings. The average Bonchev–Trinajstić information content (AvgIpc) is 2.43. The van der Waals surface area contributed by atoms with Gasteiger partial charge in [-0.25, -0.2) is 9.59 Å². The molecule has 2 rings (SSSR count). The number of imidazole rings is 1. The summed E-state index contributed by atoms with van der Waals surface area (Å²) in [5, 5.41) is 9.20. The fraction of sp³-hybridized carbons (Fsp3) is 0.111. The van der Waals surface area contributed by atoms with Gasteiger partial charge in [0.05, 0.1) is 16.6 Å². The molecule has 0 spiro atoms. The highest BCUT2D eigenvalue weighted by Crippen LogP contribution is 2.21. The van der Waals surface area contributed by atoms with Crippen LogP contribution in [0.15, 0.2) is 16.9 Å². The summed E-state index contributed by atoms with van der Waals surface area (Å²) >= 11 is 5.76. The molecule has 0 unspecified atom stereocenters. The SMILES string of the molecule is Cn1c(=O)[nH]c2c(C(=O)O)cc(Cl)cc21. The maximum Gasteiger partial charge on any atom is 0.337 e. The van der Waals surface area contributed by atoms with Crippen LogP contribution in [0.2, 0.25) is 5.02 Å². The number of aromatic carboxylic acids is 1. The molecule has 0 radical (unpaired) electrons. The van der Waals surface area contributed by atoms with E-state index >= 15 is 0 Å². The first-order valence-corrected chi connectivity index (χ1v) is 4.50. The first-order valence-electron chi connectivity index (χ1n) is 4.12. The lowest BCUT2D eigenvalue weighted by atomic mass is 10.2. The van der Waals surface area contributed by atoms with Crippen LogP contribution in [0.1, 0.15) is 10.4 Å². The van der Waals surface area contributed by atoms with Crippen molar-refractivity contribution < 1.29 is 9.90 Å². The molecule has 0 aliphatic rings. The summed E-state index contributed by atoms with van der Waals surface area (Å²) in [6, 6.07) is 2.85. The second-order valence-corrected chi connectivity index (χ2v) is 3.58. The third-order valence-corrected chi connectivity index (χ3v) is 2.43. The largest absolute Gasteiger partial charge is 0.478 e. The lowest BCUT2D eigenvalue weighted by molar-refractivity contribution is 0.0699. The Balaban J connectivity index is 2.99. The van der Waals surface area contributed by atoms with Gasteiger partial charge in [0.1, 0.15) is 0 Å². The average molecular weight is 227 g/mol. The van der Waals surface area contributed by atoms with Crippen molar-refractivity contribution in [2.45, 2.75) is 0 Å². The molecule has 6 heteroatoms. The van der Waals surface area contributed by atoms with Crippen molar-refractivity contribution in [2.24, 2.45) is 7.05 Å². The number of carboxylic acids is 1. The van der Waals surface area contributed by atoms with Crippen molar-refractivity contribution in [3.63, 3.8) is 0 Å². The molecule has 1 aromatic carbocycles. The van der Waals surface area contributed by atoms with E-state index < -0.39 is 5.97 Å². The molecule has 0 amide bonds. The number of rotatable bonds is 1. The van der Waals surface area contributed by atoms with Gasteiger partial charge in [-0.15, -0.1) is 0 Å². The number of fused-ring (bicyclic) bond motifs is 1. The van der Waals surface area contributed by atoms with Crippen LogP contribution in [-0.2, 0) is 7.05 Å². The molecular weight excluding hydrogens is 220 g/mol. The maximum absolute atomic E-state index is 11.3. The van der Waals surface area contributed by atoms with Crippen molar-refractivity contribution in [2.75, 3.05) is 0 Å². The summed E-state index contributed by atoms with van der Waals surface area (Å²) in [4.78, 5) is 24.7. The number of aromatic nitrogens is 2. The summed E-state index contributed by atoms with van der Waals surface area (Å²) in [5.74, 6) is -1.12. The van der Waals surface area contributed by atoms with Gasteiger partial charge in [0.2, 0.25) is 0 Å². The summed E-state index contributed by atoms with van der Waals surface area (Å²) in [7, 11) is 1.54. The van der Waals surface area contributed by atoms with Crippen LogP contribution in [0.3, 0.4) is 0 Å². The minimum atomic E-state index is -1.12. The Kier molecular flexibility index (Phi) is 2.04. The first kappa shape index (κ1) is 9.79. The molecule has 0 aliphatic carbocycles. The zero-order valence-electron chi connectivity index (χ0n) is 7.74. The van der Waals surface area contributed by atoms with E-state index in [9.17, 15) is 9.59 Å². The Morgan fingerprint density at radius 2 is 2.20 bits per heavy atom. The van der Waals surface area contributed by atoms with Crippen molar-refractivity contribution in [3.8, 4) is 0 Å². The van der Waals surface area contributed by atoms with Crippen LogP contribution in [0.5, 0.6) is 0 Å². The van der Waals surface area contributed by atoms with E-state index in [1.54, 1.807) is 13.1 Å². The number of aryl methyl sites for hydroxylation is 1. The quantitative estimate of drug-likeness (QED) is 0.768. The van der Waals surface area contributed by atoms with Gasteiger partial charge in [-0.05, 0) is 12.1 Å². The zero-order valence-corrected chi connectivity index (χ0v) is 8.50. The summed E-state index contributed by atoms with van der Waals surface area (Å²) in [6.45, 7) is 0. The van der Waals surface area contributed by atoms with Crippen molar-refractivity contribution >= 4 is 28.6 Å². The van der Waals surface area contributed by atoms with Gasteiger partial charge in [-0.2, -0.15) is 0 Å². The van der Waals surface area contributed by atoms with Crippen LogP contribution in [0, 0.1) is 0 Å². The van der Waals surface area contributed by atoms with Crippen LogP contribution in [0.4, 0.5) is 0 Å². The second-order valence-electron chi connectivity index (χ2n) is 3.14. The fourth-order valence-electron chi connectivity index (χ4n) is 1.46. The van der Waals surface area contributed by atoms with Gasteiger partial charge >= 0.3 is 11.7 Å². The minimum absolute atomic E-state index is 0.00444. The minimum Gasteiger partial charge on any atom is -0.478 e. The Hall–Kier alpha value is -1.75. The topological polar surface area (TPSA) is 75.1 Å². The van der Waals surface area contributed by atoms with Crippen LogP contribution in [-0.4, -0.2) is 20.6 Å². The molecule has 0 saturated heterocycles. The number of nitrogens with zero attached hydrogens (tertiary/aromatic N) is 1. The molecule has 2 N–H and O–H groups in total. The van der Waals surface area contributed by atoms with Gasteiger partial charge in [0, 0.05) is 12.1 Å². The van der Waals surface area contributed by atoms with Gasteiger partial charge in [-0.1, -0.05) is 11.6 Å². The molecular formula is C9H7ClN2O3. The van der Waals surface area contributed by atoms with E-state index in [2.05, 4.69) is 4.98 Å². The molecule has 0 atom stereocenters. The normalized spacial score (nSPS) is 10.8. The Morgan fingerprint density at radius 1 is 1.53 bits per heavy atom. The molecule has 1 heterocycles. The van der Waals surface area contributed by atoms with E-state index in [4.69, 9.17) is 16.7 Å². The van der Waals surface area contributed by atoms with E-state index in [1.165, 1.54) is 10.6 Å². The lowest BCUT2D eigenvalue weighted by Gasteiger charge is -1.99. The maximum atomic E-state index is 11.3. The second kappa shape index (κ2) is 3.13. The molecule has 0 bridgehead atoms. The molecule has 0 saturated carbocycles. The number of halogens is 1. The Morgan fingerprint density at radius 3 is 2.80 bits per heavy atom. The van der Waals surface area contributed by atoms with E-state index in [-0.39, 0.29) is 16.3 Å². The molecule has 1 aromatic heterocycles.